The monoisotopic (exact) mass is 434 g/mol. The van der Waals surface area contributed by atoms with Gasteiger partial charge in [-0.25, -0.2) is 4.79 Å². The van der Waals surface area contributed by atoms with Gasteiger partial charge >= 0.3 is 5.97 Å². The van der Waals surface area contributed by atoms with E-state index in [4.69, 9.17) is 9.47 Å². The number of likely N-dealkylation sites (N-methyl/N-ethyl adjacent to an activating group) is 1. The number of piperazine rings is 1. The average Bonchev–Trinajstić information content (AvgIpc) is 2.83. The summed E-state index contributed by atoms with van der Waals surface area (Å²) >= 11 is 0. The van der Waals surface area contributed by atoms with Crippen LogP contribution in [0.25, 0.3) is 12.2 Å². The number of allylic oxidation sites excluding steroid dienone is 1. The summed E-state index contributed by atoms with van der Waals surface area (Å²) in [5.41, 5.74) is 2.11. The Morgan fingerprint density at radius 1 is 0.969 bits per heavy atom. The van der Waals surface area contributed by atoms with Gasteiger partial charge in [-0.3, -0.25) is 9.69 Å². The molecule has 1 saturated heterocycles. The van der Waals surface area contributed by atoms with Crippen molar-refractivity contribution in [3.8, 4) is 5.75 Å². The molecule has 32 heavy (non-hydrogen) atoms. The van der Waals surface area contributed by atoms with Gasteiger partial charge in [0, 0.05) is 49.9 Å². The van der Waals surface area contributed by atoms with E-state index in [-0.39, 0.29) is 5.78 Å². The number of methoxy groups -OCH3 is 1. The van der Waals surface area contributed by atoms with E-state index in [1.807, 2.05) is 30.3 Å². The van der Waals surface area contributed by atoms with Gasteiger partial charge in [-0.15, -0.1) is 0 Å². The molecule has 6 nitrogen and oxygen atoms in total. The summed E-state index contributed by atoms with van der Waals surface area (Å²) in [5, 5.41) is 0. The Morgan fingerprint density at radius 3 is 2.44 bits per heavy atom. The molecule has 0 atom stereocenters. The number of carbonyl (C=O) groups is 2. The molecule has 0 aromatic heterocycles. The highest BCUT2D eigenvalue weighted by Crippen LogP contribution is 2.22. The summed E-state index contributed by atoms with van der Waals surface area (Å²) in [6, 6.07) is 14.8. The molecule has 0 unspecified atom stereocenters. The van der Waals surface area contributed by atoms with Crippen LogP contribution in [0.15, 0.2) is 60.7 Å². The summed E-state index contributed by atoms with van der Waals surface area (Å²) in [5.74, 6) is 0.0397. The molecule has 0 spiro atoms. The zero-order valence-electron chi connectivity index (χ0n) is 18.7. The number of ketones is 1. The molecule has 1 fully saturated rings. The molecule has 0 N–H and O–H groups in total. The Hall–Kier alpha value is -3.22. The standard InChI is InChI=1S/C26H30N2O4/c1-27-14-16-28(17-15-27)18-19-32-26(30)13-10-23-20-22(9-12-25(23)31-2)24(29)11-8-21-6-4-3-5-7-21/h3-13,20H,14-19H2,1-2H3/b11-8+,13-10+. The van der Waals surface area contributed by atoms with E-state index in [1.54, 1.807) is 37.5 Å². The number of rotatable bonds is 9. The van der Waals surface area contributed by atoms with Gasteiger partial charge in [0.2, 0.25) is 0 Å². The third kappa shape index (κ3) is 7.18. The molecular formula is C26H30N2O4. The molecule has 0 radical (unpaired) electrons. The lowest BCUT2D eigenvalue weighted by Crippen LogP contribution is -2.45. The Morgan fingerprint density at radius 2 is 1.72 bits per heavy atom. The molecule has 168 valence electrons. The minimum atomic E-state index is -0.415. The van der Waals surface area contributed by atoms with Crippen molar-refractivity contribution in [1.29, 1.82) is 0 Å². The minimum Gasteiger partial charge on any atom is -0.496 e. The number of hydrogen-bond donors (Lipinski definition) is 0. The zero-order chi connectivity index (χ0) is 22.8. The van der Waals surface area contributed by atoms with Gasteiger partial charge in [-0.05, 0) is 43.0 Å². The molecule has 6 heteroatoms. The van der Waals surface area contributed by atoms with Crippen molar-refractivity contribution in [3.05, 3.63) is 77.4 Å². The van der Waals surface area contributed by atoms with Crippen LogP contribution < -0.4 is 4.74 Å². The van der Waals surface area contributed by atoms with Crippen LogP contribution in [0, 0.1) is 0 Å². The first kappa shape index (κ1) is 23.4. The van der Waals surface area contributed by atoms with Gasteiger partial charge in [0.25, 0.3) is 0 Å². The summed E-state index contributed by atoms with van der Waals surface area (Å²) in [4.78, 5) is 29.3. The van der Waals surface area contributed by atoms with Crippen molar-refractivity contribution in [2.24, 2.45) is 0 Å². The molecule has 0 saturated carbocycles. The van der Waals surface area contributed by atoms with Gasteiger partial charge in [0.05, 0.1) is 7.11 Å². The summed E-state index contributed by atoms with van der Waals surface area (Å²) in [6.45, 7) is 5.12. The van der Waals surface area contributed by atoms with E-state index in [1.165, 1.54) is 12.2 Å². The maximum Gasteiger partial charge on any atom is 0.330 e. The first-order valence-electron chi connectivity index (χ1n) is 10.8. The van der Waals surface area contributed by atoms with Crippen molar-refractivity contribution in [2.45, 2.75) is 0 Å². The van der Waals surface area contributed by atoms with Crippen LogP contribution in [0.5, 0.6) is 5.75 Å². The lowest BCUT2D eigenvalue weighted by atomic mass is 10.0. The van der Waals surface area contributed by atoms with Crippen molar-refractivity contribution in [2.75, 3.05) is 53.5 Å². The van der Waals surface area contributed by atoms with Gasteiger partial charge < -0.3 is 14.4 Å². The van der Waals surface area contributed by atoms with Crippen LogP contribution in [0.3, 0.4) is 0 Å². The van der Waals surface area contributed by atoms with Gasteiger partial charge in [-0.1, -0.05) is 36.4 Å². The number of nitrogens with zero attached hydrogens (tertiary/aromatic N) is 2. The van der Waals surface area contributed by atoms with Crippen molar-refractivity contribution in [3.63, 3.8) is 0 Å². The maximum absolute atomic E-state index is 12.6. The molecule has 1 heterocycles. The average molecular weight is 435 g/mol. The van der Waals surface area contributed by atoms with Gasteiger partial charge in [0.1, 0.15) is 12.4 Å². The van der Waals surface area contributed by atoms with Gasteiger partial charge in [-0.2, -0.15) is 0 Å². The summed E-state index contributed by atoms with van der Waals surface area (Å²) in [7, 11) is 3.66. The Balaban J connectivity index is 1.57. The number of hydrogen-bond acceptors (Lipinski definition) is 6. The lowest BCUT2D eigenvalue weighted by Gasteiger charge is -2.31. The normalized spacial score (nSPS) is 15.3. The van der Waals surface area contributed by atoms with Crippen molar-refractivity contribution < 1.29 is 19.1 Å². The highest BCUT2D eigenvalue weighted by Gasteiger charge is 2.13. The molecule has 2 aromatic rings. The van der Waals surface area contributed by atoms with E-state index in [2.05, 4.69) is 16.8 Å². The first-order chi connectivity index (χ1) is 15.5. The Kier molecular flexibility index (Phi) is 8.78. The van der Waals surface area contributed by atoms with Crippen LogP contribution in [-0.4, -0.2) is 75.0 Å². The second-order valence-electron chi connectivity index (χ2n) is 7.71. The van der Waals surface area contributed by atoms with Crippen LogP contribution in [0.1, 0.15) is 21.5 Å². The van der Waals surface area contributed by atoms with E-state index >= 15 is 0 Å². The maximum atomic E-state index is 12.6. The third-order valence-electron chi connectivity index (χ3n) is 5.39. The fourth-order valence-electron chi connectivity index (χ4n) is 3.40. The Labute approximate surface area is 189 Å². The fourth-order valence-corrected chi connectivity index (χ4v) is 3.40. The largest absolute Gasteiger partial charge is 0.496 e. The number of esters is 1. The molecule has 0 aliphatic carbocycles. The van der Waals surface area contributed by atoms with E-state index in [9.17, 15) is 9.59 Å². The molecule has 1 aliphatic heterocycles. The van der Waals surface area contributed by atoms with Crippen LogP contribution >= 0.6 is 0 Å². The highest BCUT2D eigenvalue weighted by molar-refractivity contribution is 6.07. The Bertz CT molecular complexity index is 961. The highest BCUT2D eigenvalue weighted by atomic mass is 16.5. The van der Waals surface area contributed by atoms with E-state index < -0.39 is 5.97 Å². The topological polar surface area (TPSA) is 59.1 Å². The summed E-state index contributed by atoms with van der Waals surface area (Å²) in [6.07, 6.45) is 6.31. The smallest absolute Gasteiger partial charge is 0.330 e. The fraction of sp³-hybridized carbons (Fsp3) is 0.308. The zero-order valence-corrected chi connectivity index (χ0v) is 18.7. The lowest BCUT2D eigenvalue weighted by molar-refractivity contribution is -0.138. The van der Waals surface area contributed by atoms with E-state index in [0.717, 1.165) is 38.3 Å². The van der Waals surface area contributed by atoms with Crippen LogP contribution in [0.4, 0.5) is 0 Å². The van der Waals surface area contributed by atoms with Crippen molar-refractivity contribution in [1.82, 2.24) is 9.80 Å². The minimum absolute atomic E-state index is 0.124. The third-order valence-corrected chi connectivity index (χ3v) is 5.39. The molecule has 3 rings (SSSR count). The molecule has 1 aliphatic rings. The predicted octanol–water partition coefficient (Wildman–Crippen LogP) is 3.40. The first-order valence-corrected chi connectivity index (χ1v) is 10.8. The number of carbonyl (C=O) groups excluding carboxylic acids is 2. The molecule has 2 aromatic carbocycles. The van der Waals surface area contributed by atoms with Gasteiger partial charge in [0.15, 0.2) is 5.78 Å². The van der Waals surface area contributed by atoms with Crippen LogP contribution in [-0.2, 0) is 9.53 Å². The predicted molar refractivity (Wildman–Crippen MR) is 127 cm³/mol. The SMILES string of the molecule is COc1ccc(C(=O)/C=C/c2ccccc2)cc1/C=C/C(=O)OCCN1CCN(C)CC1. The summed E-state index contributed by atoms with van der Waals surface area (Å²) < 4.78 is 10.7. The quantitative estimate of drug-likeness (QED) is 0.343. The second kappa shape index (κ2) is 12.0. The number of benzene rings is 2. The van der Waals surface area contributed by atoms with Crippen molar-refractivity contribution >= 4 is 23.9 Å². The second-order valence-corrected chi connectivity index (χ2v) is 7.71. The van der Waals surface area contributed by atoms with E-state index in [0.29, 0.717) is 23.5 Å². The van der Waals surface area contributed by atoms with Crippen LogP contribution in [0.2, 0.25) is 0 Å². The molecular weight excluding hydrogens is 404 g/mol. The molecule has 0 amide bonds. The number of ether oxygens (including phenoxy) is 2. The molecule has 0 bridgehead atoms.